The van der Waals surface area contributed by atoms with E-state index in [9.17, 15) is 0 Å². The number of guanidine groups is 1. The third-order valence-corrected chi connectivity index (χ3v) is 3.39. The molecule has 1 rings (SSSR count). The molecule has 0 aliphatic heterocycles. The second kappa shape index (κ2) is 14.8. The van der Waals surface area contributed by atoms with Crippen LogP contribution in [0.1, 0.15) is 45.4 Å². The molecule has 0 aromatic heterocycles. The summed E-state index contributed by atoms with van der Waals surface area (Å²) in [7, 11) is 1.72. The predicted molar refractivity (Wildman–Crippen MR) is 98.7 cm³/mol. The van der Waals surface area contributed by atoms with Crippen molar-refractivity contribution in [3.05, 3.63) is 0 Å². The lowest BCUT2D eigenvalue weighted by molar-refractivity contribution is 0.0574. The van der Waals surface area contributed by atoms with Crippen molar-refractivity contribution in [1.29, 1.82) is 0 Å². The molecule has 0 saturated heterocycles. The maximum atomic E-state index is 5.84. The molecule has 0 aromatic carbocycles. The summed E-state index contributed by atoms with van der Waals surface area (Å²) < 4.78 is 10.9. The monoisotopic (exact) mass is 413 g/mol. The molecule has 0 amide bonds. The standard InChI is InChI=1S/C15H31N3O2.HI/c1-3-16-15(17-10-6-12-19-2)18-11-7-13-20-14-8-4-5-9-14;/h14H,3-13H2,1-2H3,(H2,16,17,18);1H. The van der Waals surface area contributed by atoms with Gasteiger partial charge >= 0.3 is 0 Å². The fourth-order valence-electron chi connectivity index (χ4n) is 2.33. The van der Waals surface area contributed by atoms with Crippen LogP contribution in [0.25, 0.3) is 0 Å². The van der Waals surface area contributed by atoms with Gasteiger partial charge in [-0.3, -0.25) is 4.99 Å². The van der Waals surface area contributed by atoms with Gasteiger partial charge in [-0.25, -0.2) is 0 Å². The zero-order chi connectivity index (χ0) is 14.5. The molecule has 6 heteroatoms. The van der Waals surface area contributed by atoms with Crippen molar-refractivity contribution in [2.75, 3.05) is 40.0 Å². The fourth-order valence-corrected chi connectivity index (χ4v) is 2.33. The van der Waals surface area contributed by atoms with Crippen molar-refractivity contribution in [2.45, 2.75) is 51.6 Å². The highest BCUT2D eigenvalue weighted by Gasteiger charge is 2.14. The highest BCUT2D eigenvalue weighted by molar-refractivity contribution is 14.0. The lowest BCUT2D eigenvalue weighted by Crippen LogP contribution is -2.38. The Morgan fingerprint density at radius 1 is 1.14 bits per heavy atom. The van der Waals surface area contributed by atoms with Gasteiger partial charge in [-0.15, -0.1) is 24.0 Å². The van der Waals surface area contributed by atoms with Crippen molar-refractivity contribution in [1.82, 2.24) is 10.6 Å². The molecule has 0 atom stereocenters. The number of nitrogens with zero attached hydrogens (tertiary/aromatic N) is 1. The van der Waals surface area contributed by atoms with E-state index < -0.39 is 0 Å². The minimum absolute atomic E-state index is 0. The van der Waals surface area contributed by atoms with E-state index in [2.05, 4.69) is 22.5 Å². The predicted octanol–water partition coefficient (Wildman–Crippen LogP) is 2.55. The summed E-state index contributed by atoms with van der Waals surface area (Å²) in [6.07, 6.45) is 7.67. The van der Waals surface area contributed by atoms with E-state index in [1.807, 2.05) is 0 Å². The number of ether oxygens (including phenoxy) is 2. The Kier molecular flexibility index (Phi) is 14.8. The summed E-state index contributed by atoms with van der Waals surface area (Å²) >= 11 is 0. The molecule has 5 nitrogen and oxygen atoms in total. The molecule has 0 aromatic rings. The largest absolute Gasteiger partial charge is 0.385 e. The third kappa shape index (κ3) is 11.2. The molecule has 1 fully saturated rings. The molecule has 0 heterocycles. The van der Waals surface area contributed by atoms with Crippen molar-refractivity contribution >= 4 is 29.9 Å². The van der Waals surface area contributed by atoms with Crippen molar-refractivity contribution in [3.63, 3.8) is 0 Å². The van der Waals surface area contributed by atoms with Gasteiger partial charge in [0.25, 0.3) is 0 Å². The highest BCUT2D eigenvalue weighted by Crippen LogP contribution is 2.20. The molecule has 0 unspecified atom stereocenters. The molecule has 0 spiro atoms. The quantitative estimate of drug-likeness (QED) is 0.250. The van der Waals surface area contributed by atoms with Gasteiger partial charge in [-0.1, -0.05) is 12.8 Å². The van der Waals surface area contributed by atoms with Crippen molar-refractivity contribution < 1.29 is 9.47 Å². The number of halogens is 1. The Morgan fingerprint density at radius 3 is 2.57 bits per heavy atom. The van der Waals surface area contributed by atoms with Crippen LogP contribution in [0.15, 0.2) is 4.99 Å². The van der Waals surface area contributed by atoms with E-state index in [0.29, 0.717) is 6.10 Å². The second-order valence-corrected chi connectivity index (χ2v) is 5.16. The van der Waals surface area contributed by atoms with Crippen molar-refractivity contribution in [3.8, 4) is 0 Å². The normalized spacial score (nSPS) is 15.8. The van der Waals surface area contributed by atoms with E-state index in [1.165, 1.54) is 25.7 Å². The van der Waals surface area contributed by atoms with Crippen LogP contribution < -0.4 is 10.6 Å². The third-order valence-electron chi connectivity index (χ3n) is 3.39. The Hall–Kier alpha value is -0.0800. The van der Waals surface area contributed by atoms with E-state index in [-0.39, 0.29) is 24.0 Å². The van der Waals surface area contributed by atoms with Gasteiger partial charge in [0.05, 0.1) is 6.10 Å². The SMILES string of the molecule is CCNC(=NCCCOC)NCCCOC1CCCC1.I. The van der Waals surface area contributed by atoms with Crippen LogP contribution in [0.4, 0.5) is 0 Å². The zero-order valence-corrected chi connectivity index (χ0v) is 15.9. The number of aliphatic imine (C=N–C) groups is 1. The van der Waals surface area contributed by atoms with Crippen LogP contribution >= 0.6 is 24.0 Å². The number of nitrogens with one attached hydrogen (secondary N) is 2. The first-order valence-electron chi connectivity index (χ1n) is 7.99. The summed E-state index contributed by atoms with van der Waals surface area (Å²) in [5, 5.41) is 6.59. The number of hydrogen-bond donors (Lipinski definition) is 2. The first-order valence-corrected chi connectivity index (χ1v) is 7.99. The molecule has 0 radical (unpaired) electrons. The average Bonchev–Trinajstić information content (AvgIpc) is 2.96. The molecule has 1 aliphatic rings. The van der Waals surface area contributed by atoms with Gasteiger partial charge in [-0.2, -0.15) is 0 Å². The molecule has 0 bridgehead atoms. The summed E-state index contributed by atoms with van der Waals surface area (Å²) in [5.74, 6) is 0.893. The Morgan fingerprint density at radius 2 is 1.90 bits per heavy atom. The number of methoxy groups -OCH3 is 1. The van der Waals surface area contributed by atoms with E-state index in [1.54, 1.807) is 7.11 Å². The minimum Gasteiger partial charge on any atom is -0.385 e. The Balaban J connectivity index is 0.00000400. The van der Waals surface area contributed by atoms with Crippen LogP contribution in [0.5, 0.6) is 0 Å². The van der Waals surface area contributed by atoms with Gasteiger partial charge in [-0.05, 0) is 32.6 Å². The molecule has 126 valence electrons. The lowest BCUT2D eigenvalue weighted by atomic mass is 10.3. The second-order valence-electron chi connectivity index (χ2n) is 5.16. The smallest absolute Gasteiger partial charge is 0.191 e. The lowest BCUT2D eigenvalue weighted by Gasteiger charge is -2.13. The summed E-state index contributed by atoms with van der Waals surface area (Å²) in [4.78, 5) is 4.50. The first-order chi connectivity index (χ1) is 9.86. The molecule has 21 heavy (non-hydrogen) atoms. The summed E-state index contributed by atoms with van der Waals surface area (Å²) in [6.45, 7) is 6.27. The van der Waals surface area contributed by atoms with Crippen molar-refractivity contribution in [2.24, 2.45) is 4.99 Å². The average molecular weight is 413 g/mol. The molecule has 2 N–H and O–H groups in total. The molecule has 1 saturated carbocycles. The van der Waals surface area contributed by atoms with Crippen LogP contribution in [0.3, 0.4) is 0 Å². The summed E-state index contributed by atoms with van der Waals surface area (Å²) in [6, 6.07) is 0. The maximum Gasteiger partial charge on any atom is 0.191 e. The maximum absolute atomic E-state index is 5.84. The van der Waals surface area contributed by atoms with E-state index in [4.69, 9.17) is 9.47 Å². The van der Waals surface area contributed by atoms with Gasteiger partial charge in [0.15, 0.2) is 5.96 Å². The number of rotatable bonds is 10. The molecule has 1 aliphatic carbocycles. The van der Waals surface area contributed by atoms with Crippen LogP contribution in [-0.4, -0.2) is 52.0 Å². The number of hydrogen-bond acceptors (Lipinski definition) is 3. The molecular weight excluding hydrogens is 381 g/mol. The van der Waals surface area contributed by atoms with Gasteiger partial charge in [0.2, 0.25) is 0 Å². The van der Waals surface area contributed by atoms with E-state index in [0.717, 1.165) is 51.6 Å². The van der Waals surface area contributed by atoms with Gasteiger partial charge < -0.3 is 20.1 Å². The Bertz CT molecular complexity index is 259. The fraction of sp³-hybridized carbons (Fsp3) is 0.933. The topological polar surface area (TPSA) is 54.9 Å². The Labute approximate surface area is 146 Å². The zero-order valence-electron chi connectivity index (χ0n) is 13.5. The van der Waals surface area contributed by atoms with Gasteiger partial charge in [0, 0.05) is 40.0 Å². The minimum atomic E-state index is 0. The van der Waals surface area contributed by atoms with Crippen LogP contribution in [-0.2, 0) is 9.47 Å². The molecular formula is C15H32IN3O2. The van der Waals surface area contributed by atoms with Gasteiger partial charge in [0.1, 0.15) is 0 Å². The van der Waals surface area contributed by atoms with E-state index >= 15 is 0 Å². The van der Waals surface area contributed by atoms with Crippen LogP contribution in [0, 0.1) is 0 Å². The summed E-state index contributed by atoms with van der Waals surface area (Å²) in [5.41, 5.74) is 0. The first kappa shape index (κ1) is 20.9. The van der Waals surface area contributed by atoms with Crippen LogP contribution in [0.2, 0.25) is 0 Å². The highest BCUT2D eigenvalue weighted by atomic mass is 127.